The van der Waals surface area contributed by atoms with Crippen LogP contribution in [-0.4, -0.2) is 65.7 Å². The Morgan fingerprint density at radius 2 is 0.644 bits per heavy atom. The molecular weight excluding hydrogens is 558 g/mol. The Morgan fingerprint density at radius 1 is 0.422 bits per heavy atom. The minimum absolute atomic E-state index is 0.138. The maximum absolute atomic E-state index is 12.4. The van der Waals surface area contributed by atoms with Crippen LogP contribution in [0.3, 0.4) is 0 Å². The van der Waals surface area contributed by atoms with E-state index >= 15 is 0 Å². The maximum Gasteiger partial charge on any atom is 0.135 e. The minimum atomic E-state index is -0.705. The lowest BCUT2D eigenvalue weighted by Gasteiger charge is -2.33. The molecule has 0 amide bonds. The summed E-state index contributed by atoms with van der Waals surface area (Å²) in [6.45, 7) is 5.35. The van der Waals surface area contributed by atoms with Gasteiger partial charge in [-0.3, -0.25) is 9.59 Å². The summed E-state index contributed by atoms with van der Waals surface area (Å²) in [5.41, 5.74) is 0. The molecule has 0 aromatic carbocycles. The standard InChI is InChI=1S/C40H80NO4/c1-5-7-9-11-13-15-17-19-21-23-25-27-29-31-37(42)33-39(44)35-41(3,4)36-40(45)34-38(43)32-30-28-26-24-22-20-18-16-14-12-10-8-6-2/h39-40,44-45H,5-36H2,1-4H3/q+1. The first kappa shape index (κ1) is 44.2. The van der Waals surface area contributed by atoms with Gasteiger partial charge >= 0.3 is 0 Å². The molecule has 0 aromatic rings. The highest BCUT2D eigenvalue weighted by Crippen LogP contribution is 2.16. The first-order valence-electron chi connectivity index (χ1n) is 19.9. The Hall–Kier alpha value is -0.780. The Bertz CT molecular complexity index is 611. The van der Waals surface area contributed by atoms with Crippen LogP contribution >= 0.6 is 0 Å². The number of likely N-dealkylation sites (N-methyl/N-ethyl adjacent to an activating group) is 1. The van der Waals surface area contributed by atoms with Gasteiger partial charge in [0.1, 0.15) is 36.9 Å². The number of hydrogen-bond acceptors (Lipinski definition) is 4. The normalized spacial score (nSPS) is 13.3. The van der Waals surface area contributed by atoms with Crippen molar-refractivity contribution in [3.63, 3.8) is 0 Å². The van der Waals surface area contributed by atoms with E-state index in [2.05, 4.69) is 13.8 Å². The van der Waals surface area contributed by atoms with Gasteiger partial charge in [-0.2, -0.15) is 0 Å². The number of ketones is 2. The Labute approximate surface area is 281 Å². The molecule has 0 aliphatic carbocycles. The van der Waals surface area contributed by atoms with Crippen LogP contribution in [0.5, 0.6) is 0 Å². The SMILES string of the molecule is CCCCCCCCCCCCCCCC(=O)CC(O)C[N+](C)(C)CC(O)CC(=O)CCCCCCCCCCCCCCC. The molecule has 0 spiro atoms. The van der Waals surface area contributed by atoms with Crippen LogP contribution in [0.4, 0.5) is 0 Å². The number of carbonyl (C=O) groups is 2. The molecule has 268 valence electrons. The van der Waals surface area contributed by atoms with Crippen LogP contribution in [-0.2, 0) is 9.59 Å². The predicted octanol–water partition coefficient (Wildman–Crippen LogP) is 10.7. The third-order valence-electron chi connectivity index (χ3n) is 9.45. The van der Waals surface area contributed by atoms with E-state index in [1.54, 1.807) is 0 Å². The van der Waals surface area contributed by atoms with E-state index in [1.807, 2.05) is 14.1 Å². The Kier molecular flexibility index (Phi) is 31.2. The van der Waals surface area contributed by atoms with Gasteiger partial charge < -0.3 is 14.7 Å². The topological polar surface area (TPSA) is 74.6 Å². The highest BCUT2D eigenvalue weighted by atomic mass is 16.3. The van der Waals surface area contributed by atoms with Crippen LogP contribution in [0.1, 0.15) is 206 Å². The molecule has 0 bridgehead atoms. The van der Waals surface area contributed by atoms with Gasteiger partial charge in [0.2, 0.25) is 0 Å². The number of carbonyl (C=O) groups excluding carboxylic acids is 2. The first-order valence-corrected chi connectivity index (χ1v) is 19.9. The third-order valence-corrected chi connectivity index (χ3v) is 9.45. The zero-order chi connectivity index (χ0) is 33.4. The third kappa shape index (κ3) is 32.9. The van der Waals surface area contributed by atoms with Crippen molar-refractivity contribution in [3.05, 3.63) is 0 Å². The Balaban J connectivity index is 3.76. The minimum Gasteiger partial charge on any atom is -0.387 e. The molecule has 0 aliphatic heterocycles. The van der Waals surface area contributed by atoms with Gasteiger partial charge in [0.25, 0.3) is 0 Å². The van der Waals surface area contributed by atoms with Crippen molar-refractivity contribution in [1.29, 1.82) is 0 Å². The van der Waals surface area contributed by atoms with Crippen molar-refractivity contribution >= 4 is 11.6 Å². The summed E-state index contributed by atoms with van der Waals surface area (Å²) in [4.78, 5) is 24.8. The summed E-state index contributed by atoms with van der Waals surface area (Å²) in [7, 11) is 3.92. The molecular formula is C40H80NO4+. The molecule has 0 fully saturated rings. The number of nitrogens with zero attached hydrogens (tertiary/aromatic N) is 1. The van der Waals surface area contributed by atoms with Gasteiger partial charge in [-0.05, 0) is 12.8 Å². The van der Waals surface area contributed by atoms with Crippen molar-refractivity contribution in [2.75, 3.05) is 27.2 Å². The van der Waals surface area contributed by atoms with E-state index in [9.17, 15) is 19.8 Å². The van der Waals surface area contributed by atoms with Gasteiger partial charge in [0.05, 0.1) is 14.1 Å². The maximum atomic E-state index is 12.4. The summed E-state index contributed by atoms with van der Waals surface area (Å²) >= 11 is 0. The average molecular weight is 639 g/mol. The second-order valence-electron chi connectivity index (χ2n) is 15.1. The molecule has 2 atom stereocenters. The van der Waals surface area contributed by atoms with Gasteiger partial charge in [-0.1, -0.05) is 168 Å². The quantitative estimate of drug-likeness (QED) is 0.0529. The second-order valence-corrected chi connectivity index (χ2v) is 15.1. The lowest BCUT2D eigenvalue weighted by Crippen LogP contribution is -2.50. The molecule has 0 heterocycles. The lowest BCUT2D eigenvalue weighted by atomic mass is 10.0. The largest absolute Gasteiger partial charge is 0.387 e. The molecule has 5 nitrogen and oxygen atoms in total. The van der Waals surface area contributed by atoms with Crippen LogP contribution in [0.25, 0.3) is 0 Å². The van der Waals surface area contributed by atoms with Crippen molar-refractivity contribution in [3.8, 4) is 0 Å². The summed E-state index contributed by atoms with van der Waals surface area (Å²) in [5.74, 6) is 0.276. The van der Waals surface area contributed by atoms with Crippen molar-refractivity contribution in [1.82, 2.24) is 0 Å². The number of hydrogen-bond donors (Lipinski definition) is 2. The van der Waals surface area contributed by atoms with Crippen LogP contribution in [0.2, 0.25) is 0 Å². The number of aliphatic hydroxyl groups excluding tert-OH is 2. The monoisotopic (exact) mass is 639 g/mol. The zero-order valence-electron chi connectivity index (χ0n) is 30.9. The summed E-state index contributed by atoms with van der Waals surface area (Å²) in [6.07, 6.45) is 33.6. The fraction of sp³-hybridized carbons (Fsp3) is 0.950. The van der Waals surface area contributed by atoms with Crippen LogP contribution in [0.15, 0.2) is 0 Å². The lowest BCUT2D eigenvalue weighted by molar-refractivity contribution is -0.896. The smallest absolute Gasteiger partial charge is 0.135 e. The number of aliphatic hydroxyl groups is 2. The van der Waals surface area contributed by atoms with Gasteiger partial charge in [0.15, 0.2) is 0 Å². The fourth-order valence-corrected chi connectivity index (χ4v) is 6.75. The summed E-state index contributed by atoms with van der Waals surface area (Å²) < 4.78 is 0.403. The van der Waals surface area contributed by atoms with Gasteiger partial charge in [0, 0.05) is 25.7 Å². The van der Waals surface area contributed by atoms with E-state index in [0.717, 1.165) is 25.7 Å². The highest BCUT2D eigenvalue weighted by molar-refractivity contribution is 5.79. The first-order chi connectivity index (χ1) is 21.7. The fourth-order valence-electron chi connectivity index (χ4n) is 6.75. The second kappa shape index (κ2) is 31.8. The predicted molar refractivity (Wildman–Crippen MR) is 194 cm³/mol. The average Bonchev–Trinajstić information content (AvgIpc) is 2.97. The molecule has 5 heteroatoms. The Morgan fingerprint density at radius 3 is 0.889 bits per heavy atom. The van der Waals surface area contributed by atoms with Gasteiger partial charge in [-0.25, -0.2) is 0 Å². The van der Waals surface area contributed by atoms with Gasteiger partial charge in [-0.15, -0.1) is 0 Å². The van der Waals surface area contributed by atoms with E-state index in [0.29, 0.717) is 30.4 Å². The molecule has 0 aliphatic rings. The number of quaternary nitrogens is 1. The highest BCUT2D eigenvalue weighted by Gasteiger charge is 2.26. The van der Waals surface area contributed by atoms with Crippen molar-refractivity contribution in [2.45, 2.75) is 219 Å². The molecule has 0 saturated heterocycles. The molecule has 2 unspecified atom stereocenters. The number of rotatable bonds is 36. The zero-order valence-corrected chi connectivity index (χ0v) is 30.9. The van der Waals surface area contributed by atoms with E-state index in [4.69, 9.17) is 0 Å². The summed E-state index contributed by atoms with van der Waals surface area (Å²) in [6, 6.07) is 0. The van der Waals surface area contributed by atoms with E-state index < -0.39 is 12.2 Å². The van der Waals surface area contributed by atoms with Crippen LogP contribution < -0.4 is 0 Å². The number of unbranched alkanes of at least 4 members (excludes halogenated alkanes) is 24. The molecule has 2 N–H and O–H groups in total. The number of Topliss-reactive ketones (excluding diaryl/α,β-unsaturated/α-hetero) is 2. The summed E-state index contributed by atoms with van der Waals surface area (Å²) in [5, 5.41) is 21.1. The van der Waals surface area contributed by atoms with E-state index in [-0.39, 0.29) is 24.4 Å². The molecule has 0 aromatic heterocycles. The van der Waals surface area contributed by atoms with Crippen molar-refractivity contribution in [2.24, 2.45) is 0 Å². The molecule has 45 heavy (non-hydrogen) atoms. The molecule has 0 rings (SSSR count). The van der Waals surface area contributed by atoms with Crippen molar-refractivity contribution < 1.29 is 24.3 Å². The van der Waals surface area contributed by atoms with Crippen LogP contribution in [0, 0.1) is 0 Å². The van der Waals surface area contributed by atoms with E-state index in [1.165, 1.54) is 141 Å². The molecule has 0 radical (unpaired) electrons. The molecule has 0 saturated carbocycles.